The summed E-state index contributed by atoms with van der Waals surface area (Å²) in [5, 5.41) is 10.6. The number of aliphatic hydroxyl groups is 1. The molecule has 0 spiro atoms. The van der Waals surface area contributed by atoms with Crippen LogP contribution < -0.4 is 0 Å². The molecule has 0 bridgehead atoms. The van der Waals surface area contributed by atoms with Crippen molar-refractivity contribution in [1.29, 1.82) is 0 Å². The van der Waals surface area contributed by atoms with Crippen LogP contribution in [0.1, 0.15) is 376 Å². The molecule has 0 aromatic heterocycles. The Kier molecular flexibility index (Phi) is 63.4. The van der Waals surface area contributed by atoms with Gasteiger partial charge in [-0.1, -0.05) is 325 Å². The minimum atomic E-state index is -4.96. The zero-order valence-corrected chi connectivity index (χ0v) is 62.5. The van der Waals surface area contributed by atoms with Gasteiger partial charge in [0, 0.05) is 25.7 Å². The molecule has 0 radical (unpaired) electrons. The summed E-state index contributed by atoms with van der Waals surface area (Å²) in [5.41, 5.74) is 0. The van der Waals surface area contributed by atoms with Crippen LogP contribution >= 0.6 is 15.6 Å². The molecule has 0 heterocycles. The van der Waals surface area contributed by atoms with Gasteiger partial charge in [0.1, 0.15) is 19.3 Å². The predicted molar refractivity (Wildman–Crippen MR) is 377 cm³/mol. The Morgan fingerprint density at radius 3 is 0.731 bits per heavy atom. The molecule has 0 rings (SSSR count). The zero-order valence-electron chi connectivity index (χ0n) is 60.7. The quantitative estimate of drug-likeness (QED) is 0.0222. The minimum Gasteiger partial charge on any atom is -0.462 e. The third-order valence-corrected chi connectivity index (χ3v) is 19.0. The number of rotatable bonds is 72. The highest BCUT2D eigenvalue weighted by Crippen LogP contribution is 2.45. The molecule has 0 saturated heterocycles. The van der Waals surface area contributed by atoms with Crippen LogP contribution in [-0.2, 0) is 65.4 Å². The number of ether oxygens (including phenoxy) is 4. The summed E-state index contributed by atoms with van der Waals surface area (Å²) in [6.07, 6.45) is 50.1. The highest BCUT2D eigenvalue weighted by molar-refractivity contribution is 7.47. The molecular formula is C74H144O17P2. The smallest absolute Gasteiger partial charge is 0.462 e. The second kappa shape index (κ2) is 64.7. The Morgan fingerprint density at radius 1 is 0.290 bits per heavy atom. The third kappa shape index (κ3) is 68.4. The molecule has 17 nitrogen and oxygen atoms in total. The Morgan fingerprint density at radius 2 is 0.495 bits per heavy atom. The van der Waals surface area contributed by atoms with Crippen molar-refractivity contribution in [2.45, 2.75) is 394 Å². The van der Waals surface area contributed by atoms with Crippen LogP contribution in [0.5, 0.6) is 0 Å². The van der Waals surface area contributed by atoms with Crippen LogP contribution in [0.15, 0.2) is 0 Å². The monoisotopic (exact) mass is 1370 g/mol. The van der Waals surface area contributed by atoms with Gasteiger partial charge in [0.2, 0.25) is 0 Å². The SMILES string of the molecule is CCCCCCCCCC(=O)OC[C@H](COP(=O)(O)OC[C@H](O)COP(=O)(O)OC[C@@H](COC(=O)CCCCCCCCCCCCCCC(C)C)OC(=O)CCCCCCCCCCCCCCCCCC(C)C)OC(=O)CCCCCCCCCCCCC(C)C. The van der Waals surface area contributed by atoms with Gasteiger partial charge in [0.25, 0.3) is 0 Å². The first kappa shape index (κ1) is 91.1. The van der Waals surface area contributed by atoms with E-state index in [1.165, 1.54) is 173 Å². The molecule has 0 aliphatic carbocycles. The second-order valence-corrected chi connectivity index (χ2v) is 31.0. The molecule has 0 aromatic rings. The van der Waals surface area contributed by atoms with E-state index in [0.717, 1.165) is 120 Å². The number of hydrogen-bond donors (Lipinski definition) is 3. The lowest BCUT2D eigenvalue weighted by molar-refractivity contribution is -0.161. The van der Waals surface area contributed by atoms with Gasteiger partial charge in [-0.25, -0.2) is 9.13 Å². The molecule has 19 heteroatoms. The molecule has 0 amide bonds. The first-order valence-corrected chi connectivity index (χ1v) is 41.3. The summed E-state index contributed by atoms with van der Waals surface area (Å²) in [7, 11) is -9.90. The van der Waals surface area contributed by atoms with Gasteiger partial charge in [-0.3, -0.25) is 37.3 Å². The van der Waals surface area contributed by atoms with Gasteiger partial charge in [-0.05, 0) is 43.4 Å². The first-order chi connectivity index (χ1) is 44.7. The maximum absolute atomic E-state index is 13.1. The normalized spacial score (nSPS) is 14.1. The summed E-state index contributed by atoms with van der Waals surface area (Å²) < 4.78 is 68.4. The van der Waals surface area contributed by atoms with Crippen LogP contribution in [0, 0.1) is 17.8 Å². The van der Waals surface area contributed by atoms with Crippen molar-refractivity contribution in [2.75, 3.05) is 39.6 Å². The van der Waals surface area contributed by atoms with Crippen LogP contribution in [0.4, 0.5) is 0 Å². The largest absolute Gasteiger partial charge is 0.472 e. The molecule has 93 heavy (non-hydrogen) atoms. The van der Waals surface area contributed by atoms with Gasteiger partial charge >= 0.3 is 39.5 Å². The highest BCUT2D eigenvalue weighted by atomic mass is 31.2. The fourth-order valence-electron chi connectivity index (χ4n) is 11.2. The van der Waals surface area contributed by atoms with Crippen LogP contribution in [0.3, 0.4) is 0 Å². The van der Waals surface area contributed by atoms with Crippen LogP contribution in [-0.4, -0.2) is 96.7 Å². The molecule has 5 atom stereocenters. The van der Waals surface area contributed by atoms with E-state index in [4.69, 9.17) is 37.0 Å². The molecule has 0 aliphatic rings. The van der Waals surface area contributed by atoms with Crippen LogP contribution in [0.2, 0.25) is 0 Å². The average molecular weight is 1370 g/mol. The Balaban J connectivity index is 5.20. The number of phosphoric acid groups is 2. The Labute approximate surface area is 568 Å². The topological polar surface area (TPSA) is 237 Å². The summed E-state index contributed by atoms with van der Waals surface area (Å²) in [6, 6.07) is 0. The lowest BCUT2D eigenvalue weighted by atomic mass is 10.0. The van der Waals surface area contributed by atoms with Gasteiger partial charge < -0.3 is 33.8 Å². The van der Waals surface area contributed by atoms with Crippen molar-refractivity contribution in [2.24, 2.45) is 17.8 Å². The van der Waals surface area contributed by atoms with E-state index >= 15 is 0 Å². The average Bonchev–Trinajstić information content (AvgIpc) is 2.85. The number of aliphatic hydroxyl groups excluding tert-OH is 1. The number of carbonyl (C=O) groups is 4. The summed E-state index contributed by atoms with van der Waals surface area (Å²) in [5.74, 6) is 0.212. The summed E-state index contributed by atoms with van der Waals surface area (Å²) in [6.45, 7) is 11.9. The van der Waals surface area contributed by atoms with E-state index in [1.54, 1.807) is 0 Å². The molecular weight excluding hydrogens is 1220 g/mol. The number of unbranched alkanes of at least 4 members (excludes halogenated alkanes) is 40. The lowest BCUT2D eigenvalue weighted by Crippen LogP contribution is -2.30. The highest BCUT2D eigenvalue weighted by Gasteiger charge is 2.30. The fraction of sp³-hybridized carbons (Fsp3) is 0.946. The van der Waals surface area contributed by atoms with E-state index in [1.807, 2.05) is 0 Å². The van der Waals surface area contributed by atoms with E-state index in [0.29, 0.717) is 25.7 Å². The van der Waals surface area contributed by atoms with Crippen molar-refractivity contribution in [1.82, 2.24) is 0 Å². The predicted octanol–water partition coefficient (Wildman–Crippen LogP) is 21.4. The van der Waals surface area contributed by atoms with Gasteiger partial charge in [0.05, 0.1) is 26.4 Å². The fourth-order valence-corrected chi connectivity index (χ4v) is 12.8. The van der Waals surface area contributed by atoms with E-state index in [9.17, 15) is 43.2 Å². The van der Waals surface area contributed by atoms with E-state index < -0.39 is 97.5 Å². The van der Waals surface area contributed by atoms with E-state index in [2.05, 4.69) is 48.5 Å². The Hall–Kier alpha value is -1.94. The second-order valence-electron chi connectivity index (χ2n) is 28.1. The van der Waals surface area contributed by atoms with Crippen molar-refractivity contribution in [3.05, 3.63) is 0 Å². The maximum atomic E-state index is 13.1. The number of hydrogen-bond acceptors (Lipinski definition) is 15. The number of esters is 4. The number of phosphoric ester groups is 2. The van der Waals surface area contributed by atoms with Gasteiger partial charge in [-0.2, -0.15) is 0 Å². The standard InChI is InChI=1S/C74H144O17P2/c1-8-9-10-11-31-41-48-55-71(76)84-61-69(90-74(79)58-51-44-37-30-24-23-27-34-40-47-54-67(6)7)63-88-92(80,81)86-59-68(75)60-87-93(82,83)89-64-70(62-85-72(77)56-49-42-35-28-21-18-17-20-26-33-39-46-53-66(4)5)91-73(78)57-50-43-36-29-22-16-14-12-13-15-19-25-32-38-45-52-65(2)3/h65-70,75H,8-64H2,1-7H3,(H,80,81)(H,82,83)/t68-,69+,70+/m0/s1. The first-order valence-electron chi connectivity index (χ1n) is 38.3. The van der Waals surface area contributed by atoms with E-state index in [-0.39, 0.29) is 25.7 Å². The minimum absolute atomic E-state index is 0.105. The molecule has 3 N–H and O–H groups in total. The number of carbonyl (C=O) groups excluding carboxylic acids is 4. The zero-order chi connectivity index (χ0) is 68.7. The lowest BCUT2D eigenvalue weighted by Gasteiger charge is -2.21. The Bertz CT molecular complexity index is 1820. The molecule has 0 fully saturated rings. The molecule has 0 saturated carbocycles. The van der Waals surface area contributed by atoms with Crippen molar-refractivity contribution >= 4 is 39.5 Å². The van der Waals surface area contributed by atoms with Gasteiger partial charge in [0.15, 0.2) is 12.2 Å². The van der Waals surface area contributed by atoms with Crippen molar-refractivity contribution in [3.63, 3.8) is 0 Å². The summed E-state index contributed by atoms with van der Waals surface area (Å²) in [4.78, 5) is 72.6. The molecule has 552 valence electrons. The summed E-state index contributed by atoms with van der Waals surface area (Å²) >= 11 is 0. The van der Waals surface area contributed by atoms with Crippen LogP contribution in [0.25, 0.3) is 0 Å². The molecule has 2 unspecified atom stereocenters. The van der Waals surface area contributed by atoms with Crippen molar-refractivity contribution in [3.8, 4) is 0 Å². The third-order valence-electron chi connectivity index (χ3n) is 17.1. The van der Waals surface area contributed by atoms with Gasteiger partial charge in [-0.15, -0.1) is 0 Å². The molecule has 0 aromatic carbocycles. The van der Waals surface area contributed by atoms with Crippen molar-refractivity contribution < 1.29 is 80.2 Å². The maximum Gasteiger partial charge on any atom is 0.472 e. The molecule has 0 aliphatic heterocycles.